The van der Waals surface area contributed by atoms with Crippen molar-refractivity contribution >= 4 is 28.9 Å². The summed E-state index contributed by atoms with van der Waals surface area (Å²) in [6.07, 6.45) is 0. The maximum Gasteiger partial charge on any atom is 0.257 e. The number of nitrogens with two attached hydrogens (primary N) is 1. The van der Waals surface area contributed by atoms with Crippen LogP contribution in [0.1, 0.15) is 15.9 Å². The van der Waals surface area contributed by atoms with Crippen LogP contribution in [-0.4, -0.2) is 5.91 Å². The number of nitrogen functional groups attached to an aromatic ring is 1. The molecule has 0 bridgehead atoms. The molecule has 2 aromatic rings. The fourth-order valence-electron chi connectivity index (χ4n) is 1.66. The number of para-hydroxylation sites is 1. The Hall–Kier alpha value is -2.00. The minimum Gasteiger partial charge on any atom is -0.397 e. The number of amides is 1. The van der Waals surface area contributed by atoms with Crippen LogP contribution in [-0.2, 0) is 0 Å². The number of carbonyl (C=O) groups is 1. The molecule has 0 saturated heterocycles. The minimum atomic E-state index is -0.263. The van der Waals surface area contributed by atoms with Gasteiger partial charge in [0.2, 0.25) is 0 Å². The molecule has 0 aliphatic heterocycles. The number of nitrogens with one attached hydrogen (secondary N) is 1. The van der Waals surface area contributed by atoms with Crippen molar-refractivity contribution in [3.63, 3.8) is 0 Å². The molecule has 3 N–H and O–H groups in total. The van der Waals surface area contributed by atoms with E-state index in [4.69, 9.17) is 17.3 Å². The molecule has 0 aliphatic carbocycles. The summed E-state index contributed by atoms with van der Waals surface area (Å²) in [4.78, 5) is 12.0. The van der Waals surface area contributed by atoms with E-state index in [0.717, 1.165) is 11.3 Å². The molecule has 0 radical (unpaired) electrons. The number of halogens is 1. The second kappa shape index (κ2) is 5.10. The van der Waals surface area contributed by atoms with Gasteiger partial charge < -0.3 is 11.1 Å². The Morgan fingerprint density at radius 1 is 1.22 bits per heavy atom. The highest BCUT2D eigenvalue weighted by molar-refractivity contribution is 6.34. The van der Waals surface area contributed by atoms with Gasteiger partial charge >= 0.3 is 0 Å². The highest BCUT2D eigenvalue weighted by Gasteiger charge is 2.11. The number of rotatable bonds is 2. The van der Waals surface area contributed by atoms with Crippen molar-refractivity contribution in [3.05, 3.63) is 58.6 Å². The Kier molecular flexibility index (Phi) is 3.53. The van der Waals surface area contributed by atoms with Gasteiger partial charge in [-0.15, -0.1) is 0 Å². The lowest BCUT2D eigenvalue weighted by atomic mass is 10.1. The van der Waals surface area contributed by atoms with Crippen LogP contribution in [0.15, 0.2) is 42.5 Å². The van der Waals surface area contributed by atoms with Crippen molar-refractivity contribution < 1.29 is 4.79 Å². The summed E-state index contributed by atoms with van der Waals surface area (Å²) in [5, 5.41) is 3.17. The summed E-state index contributed by atoms with van der Waals surface area (Å²) in [7, 11) is 0. The Balaban J connectivity index is 2.25. The smallest absolute Gasteiger partial charge is 0.257 e. The third-order valence-corrected chi connectivity index (χ3v) is 2.90. The predicted molar refractivity (Wildman–Crippen MR) is 75.0 cm³/mol. The molecule has 0 aromatic heterocycles. The standard InChI is InChI=1S/C14H13ClN2O/c1-9-4-2-5-10(8-9)17-14(18)11-6-3-7-12(15)13(11)16/h2-8H,16H2,1H3,(H,17,18). The van der Waals surface area contributed by atoms with E-state index in [1.54, 1.807) is 18.2 Å². The zero-order valence-corrected chi connectivity index (χ0v) is 10.7. The number of hydrogen-bond acceptors (Lipinski definition) is 2. The van der Waals surface area contributed by atoms with Crippen LogP contribution in [0.5, 0.6) is 0 Å². The molecule has 0 saturated carbocycles. The molecule has 2 rings (SSSR count). The van der Waals surface area contributed by atoms with Crippen LogP contribution >= 0.6 is 11.6 Å². The third-order valence-electron chi connectivity index (χ3n) is 2.57. The molecule has 18 heavy (non-hydrogen) atoms. The summed E-state index contributed by atoms with van der Waals surface area (Å²) >= 11 is 5.88. The molecule has 0 fully saturated rings. The highest BCUT2D eigenvalue weighted by atomic mass is 35.5. The molecule has 92 valence electrons. The fourth-order valence-corrected chi connectivity index (χ4v) is 1.83. The first-order valence-electron chi connectivity index (χ1n) is 5.50. The molecule has 2 aromatic carbocycles. The van der Waals surface area contributed by atoms with Gasteiger partial charge in [0.15, 0.2) is 0 Å². The third kappa shape index (κ3) is 2.63. The summed E-state index contributed by atoms with van der Waals surface area (Å²) in [6, 6.07) is 12.6. The Labute approximate surface area is 111 Å². The first-order valence-corrected chi connectivity index (χ1v) is 5.88. The Morgan fingerprint density at radius 2 is 1.94 bits per heavy atom. The van der Waals surface area contributed by atoms with Gasteiger partial charge in [-0.05, 0) is 36.8 Å². The van der Waals surface area contributed by atoms with Crippen molar-refractivity contribution in [2.24, 2.45) is 0 Å². The summed E-state index contributed by atoms with van der Waals surface area (Å²) in [5.74, 6) is -0.263. The van der Waals surface area contributed by atoms with E-state index in [-0.39, 0.29) is 5.91 Å². The molecule has 0 spiro atoms. The predicted octanol–water partition coefficient (Wildman–Crippen LogP) is 3.48. The molecule has 4 heteroatoms. The molecule has 1 amide bonds. The Bertz CT molecular complexity index is 596. The lowest BCUT2D eigenvalue weighted by Crippen LogP contribution is -2.14. The average Bonchev–Trinajstić information content (AvgIpc) is 2.32. The van der Waals surface area contributed by atoms with Crippen LogP contribution in [0.4, 0.5) is 11.4 Å². The number of benzene rings is 2. The number of hydrogen-bond donors (Lipinski definition) is 2. The van der Waals surface area contributed by atoms with Crippen molar-refractivity contribution in [1.29, 1.82) is 0 Å². The lowest BCUT2D eigenvalue weighted by molar-refractivity contribution is 0.102. The highest BCUT2D eigenvalue weighted by Crippen LogP contribution is 2.23. The second-order valence-electron chi connectivity index (χ2n) is 4.02. The number of carbonyl (C=O) groups excluding carboxylic acids is 1. The maximum atomic E-state index is 12.0. The van der Waals surface area contributed by atoms with Crippen LogP contribution in [0.2, 0.25) is 5.02 Å². The molecule has 0 atom stereocenters. The van der Waals surface area contributed by atoms with Crippen molar-refractivity contribution in [2.75, 3.05) is 11.1 Å². The number of aryl methyl sites for hydroxylation is 1. The van der Waals surface area contributed by atoms with Gasteiger partial charge in [-0.25, -0.2) is 0 Å². The first kappa shape index (κ1) is 12.5. The van der Waals surface area contributed by atoms with Crippen LogP contribution < -0.4 is 11.1 Å². The van der Waals surface area contributed by atoms with Crippen LogP contribution in [0.25, 0.3) is 0 Å². The van der Waals surface area contributed by atoms with Gasteiger partial charge in [-0.1, -0.05) is 29.8 Å². The largest absolute Gasteiger partial charge is 0.397 e. The molecular weight excluding hydrogens is 248 g/mol. The number of anilines is 2. The fraction of sp³-hybridized carbons (Fsp3) is 0.0714. The van der Waals surface area contributed by atoms with E-state index < -0.39 is 0 Å². The molecule has 0 heterocycles. The van der Waals surface area contributed by atoms with E-state index in [9.17, 15) is 4.79 Å². The first-order chi connectivity index (χ1) is 8.58. The second-order valence-corrected chi connectivity index (χ2v) is 4.43. The van der Waals surface area contributed by atoms with Crippen molar-refractivity contribution in [3.8, 4) is 0 Å². The topological polar surface area (TPSA) is 55.1 Å². The van der Waals surface area contributed by atoms with Crippen molar-refractivity contribution in [2.45, 2.75) is 6.92 Å². The summed E-state index contributed by atoms with van der Waals surface area (Å²) in [6.45, 7) is 1.96. The van der Waals surface area contributed by atoms with E-state index in [0.29, 0.717) is 16.3 Å². The quantitative estimate of drug-likeness (QED) is 0.812. The van der Waals surface area contributed by atoms with E-state index in [1.165, 1.54) is 0 Å². The normalized spacial score (nSPS) is 10.1. The monoisotopic (exact) mass is 260 g/mol. The molecule has 0 unspecified atom stereocenters. The van der Waals surface area contributed by atoms with E-state index in [1.807, 2.05) is 31.2 Å². The lowest BCUT2D eigenvalue weighted by Gasteiger charge is -2.08. The molecule has 0 aliphatic rings. The molecule has 3 nitrogen and oxygen atoms in total. The van der Waals surface area contributed by atoms with Gasteiger partial charge in [-0.3, -0.25) is 4.79 Å². The van der Waals surface area contributed by atoms with Crippen LogP contribution in [0, 0.1) is 6.92 Å². The van der Waals surface area contributed by atoms with Gasteiger partial charge in [0.05, 0.1) is 16.3 Å². The van der Waals surface area contributed by atoms with Gasteiger partial charge in [-0.2, -0.15) is 0 Å². The Morgan fingerprint density at radius 3 is 2.67 bits per heavy atom. The SMILES string of the molecule is Cc1cccc(NC(=O)c2cccc(Cl)c2N)c1. The summed E-state index contributed by atoms with van der Waals surface area (Å²) < 4.78 is 0. The maximum absolute atomic E-state index is 12.0. The van der Waals surface area contributed by atoms with E-state index in [2.05, 4.69) is 5.32 Å². The van der Waals surface area contributed by atoms with Gasteiger partial charge in [0.25, 0.3) is 5.91 Å². The van der Waals surface area contributed by atoms with Crippen LogP contribution in [0.3, 0.4) is 0 Å². The van der Waals surface area contributed by atoms with Gasteiger partial charge in [0.1, 0.15) is 0 Å². The van der Waals surface area contributed by atoms with Gasteiger partial charge in [0, 0.05) is 5.69 Å². The zero-order chi connectivity index (χ0) is 13.1. The minimum absolute atomic E-state index is 0.263. The molecular formula is C14H13ClN2O. The zero-order valence-electron chi connectivity index (χ0n) is 9.91. The summed E-state index contributed by atoms with van der Waals surface area (Å²) in [5.41, 5.74) is 8.26. The van der Waals surface area contributed by atoms with E-state index >= 15 is 0 Å². The van der Waals surface area contributed by atoms with Crippen molar-refractivity contribution in [1.82, 2.24) is 0 Å². The average molecular weight is 261 g/mol.